The van der Waals surface area contributed by atoms with E-state index in [-0.39, 0.29) is 5.91 Å². The van der Waals surface area contributed by atoms with Crippen LogP contribution in [0.15, 0.2) is 18.2 Å². The first kappa shape index (κ1) is 16.8. The Labute approximate surface area is 125 Å². The Morgan fingerprint density at radius 1 is 1.50 bits per heavy atom. The van der Waals surface area contributed by atoms with E-state index >= 15 is 0 Å². The van der Waals surface area contributed by atoms with Crippen LogP contribution in [0.3, 0.4) is 0 Å². The number of nitrogens with one attached hydrogen (secondary N) is 1. The highest BCUT2D eigenvalue weighted by Crippen LogP contribution is 2.26. The maximum absolute atomic E-state index is 11.8. The van der Waals surface area contributed by atoms with Crippen LogP contribution in [0.5, 0.6) is 5.75 Å². The quantitative estimate of drug-likeness (QED) is 0.725. The van der Waals surface area contributed by atoms with Crippen LogP contribution in [0.25, 0.3) is 0 Å². The normalized spacial score (nSPS) is 12.0. The molecule has 0 fully saturated rings. The van der Waals surface area contributed by atoms with Crippen LogP contribution in [0, 0.1) is 0 Å². The largest absolute Gasteiger partial charge is 0.479 e. The molecule has 0 aliphatic carbocycles. The average Bonchev–Trinajstić information content (AvgIpc) is 2.42. The Morgan fingerprint density at radius 3 is 2.85 bits per heavy atom. The number of hydrogen-bond acceptors (Lipinski definition) is 3. The summed E-state index contributed by atoms with van der Waals surface area (Å²) in [4.78, 5) is 11.8. The SMILES string of the molecule is CCCCNC(=O)C(C)Oc1ccc(CCN)cc1Cl. The fraction of sp³-hybridized carbons (Fsp3) is 0.533. The average molecular weight is 299 g/mol. The molecule has 3 N–H and O–H groups in total. The second kappa shape index (κ2) is 8.82. The van der Waals surface area contributed by atoms with Crippen molar-refractivity contribution in [2.75, 3.05) is 13.1 Å². The van der Waals surface area contributed by atoms with Crippen LogP contribution in [-0.2, 0) is 11.2 Å². The van der Waals surface area contributed by atoms with E-state index in [9.17, 15) is 4.79 Å². The molecule has 1 unspecified atom stereocenters. The molecule has 20 heavy (non-hydrogen) atoms. The van der Waals surface area contributed by atoms with Crippen molar-refractivity contribution in [2.45, 2.75) is 39.2 Å². The lowest BCUT2D eigenvalue weighted by Gasteiger charge is -2.16. The first-order valence-electron chi connectivity index (χ1n) is 7.01. The topological polar surface area (TPSA) is 64.3 Å². The fourth-order valence-electron chi connectivity index (χ4n) is 1.74. The third-order valence-electron chi connectivity index (χ3n) is 2.93. The molecule has 0 aliphatic heterocycles. The van der Waals surface area contributed by atoms with Gasteiger partial charge in [-0.1, -0.05) is 31.0 Å². The molecule has 1 atom stereocenters. The van der Waals surface area contributed by atoms with E-state index in [0.29, 0.717) is 23.9 Å². The van der Waals surface area contributed by atoms with Gasteiger partial charge in [-0.15, -0.1) is 0 Å². The second-order valence-corrected chi connectivity index (χ2v) is 5.12. The summed E-state index contributed by atoms with van der Waals surface area (Å²) in [6, 6.07) is 5.52. The summed E-state index contributed by atoms with van der Waals surface area (Å²) in [5.74, 6) is 0.395. The molecule has 112 valence electrons. The van der Waals surface area contributed by atoms with Gasteiger partial charge < -0.3 is 15.8 Å². The van der Waals surface area contributed by atoms with Gasteiger partial charge >= 0.3 is 0 Å². The van der Waals surface area contributed by atoms with Crippen molar-refractivity contribution in [2.24, 2.45) is 5.73 Å². The molecule has 0 spiro atoms. The van der Waals surface area contributed by atoms with Gasteiger partial charge in [0.05, 0.1) is 5.02 Å². The number of halogens is 1. The Bertz CT molecular complexity index is 438. The van der Waals surface area contributed by atoms with Gasteiger partial charge in [-0.05, 0) is 44.0 Å². The van der Waals surface area contributed by atoms with E-state index in [1.54, 1.807) is 13.0 Å². The number of benzene rings is 1. The Kier molecular flexibility index (Phi) is 7.41. The number of unbranched alkanes of at least 4 members (excludes halogenated alkanes) is 1. The van der Waals surface area contributed by atoms with Crippen molar-refractivity contribution >= 4 is 17.5 Å². The Morgan fingerprint density at radius 2 is 2.25 bits per heavy atom. The standard InChI is InChI=1S/C15H23ClN2O2/c1-3-4-9-18-15(19)11(2)20-14-6-5-12(7-8-17)10-13(14)16/h5-6,10-11H,3-4,7-9,17H2,1-2H3,(H,18,19). The third kappa shape index (κ3) is 5.39. The van der Waals surface area contributed by atoms with Gasteiger partial charge in [0.2, 0.25) is 0 Å². The van der Waals surface area contributed by atoms with Crippen molar-refractivity contribution in [1.29, 1.82) is 0 Å². The lowest BCUT2D eigenvalue weighted by Crippen LogP contribution is -2.36. The Hall–Kier alpha value is -1.26. The molecule has 0 saturated carbocycles. The summed E-state index contributed by atoms with van der Waals surface area (Å²) in [6.45, 7) is 5.04. The summed E-state index contributed by atoms with van der Waals surface area (Å²) in [5, 5.41) is 3.34. The van der Waals surface area contributed by atoms with Crippen LogP contribution >= 0.6 is 11.6 Å². The molecule has 0 aliphatic rings. The molecule has 0 bridgehead atoms. The number of ether oxygens (including phenoxy) is 1. The van der Waals surface area contributed by atoms with Crippen LogP contribution in [0.1, 0.15) is 32.3 Å². The van der Waals surface area contributed by atoms with Gasteiger partial charge in [0, 0.05) is 6.54 Å². The zero-order valence-corrected chi connectivity index (χ0v) is 12.9. The summed E-state index contributed by atoms with van der Waals surface area (Å²) < 4.78 is 5.60. The summed E-state index contributed by atoms with van der Waals surface area (Å²) >= 11 is 6.14. The highest BCUT2D eigenvalue weighted by atomic mass is 35.5. The van der Waals surface area contributed by atoms with Crippen LogP contribution in [-0.4, -0.2) is 25.1 Å². The summed E-state index contributed by atoms with van der Waals surface area (Å²) in [7, 11) is 0. The first-order valence-corrected chi connectivity index (χ1v) is 7.39. The van der Waals surface area contributed by atoms with Crippen molar-refractivity contribution < 1.29 is 9.53 Å². The van der Waals surface area contributed by atoms with Gasteiger partial charge in [-0.25, -0.2) is 0 Å². The van der Waals surface area contributed by atoms with Crippen molar-refractivity contribution in [1.82, 2.24) is 5.32 Å². The van der Waals surface area contributed by atoms with E-state index < -0.39 is 6.10 Å². The van der Waals surface area contributed by atoms with E-state index in [0.717, 1.165) is 24.8 Å². The van der Waals surface area contributed by atoms with Crippen LogP contribution < -0.4 is 15.8 Å². The monoisotopic (exact) mass is 298 g/mol. The molecule has 0 aromatic heterocycles. The highest BCUT2D eigenvalue weighted by molar-refractivity contribution is 6.32. The number of carbonyl (C=O) groups is 1. The predicted octanol–water partition coefficient (Wildman–Crippen LogP) is 2.52. The van der Waals surface area contributed by atoms with Crippen LogP contribution in [0.4, 0.5) is 0 Å². The molecule has 0 heterocycles. The van der Waals surface area contributed by atoms with Crippen molar-refractivity contribution in [3.63, 3.8) is 0 Å². The molecular weight excluding hydrogens is 276 g/mol. The zero-order chi connectivity index (χ0) is 15.0. The van der Waals surface area contributed by atoms with Gasteiger partial charge in [0.15, 0.2) is 6.10 Å². The minimum absolute atomic E-state index is 0.124. The smallest absolute Gasteiger partial charge is 0.260 e. The lowest BCUT2D eigenvalue weighted by molar-refractivity contribution is -0.127. The number of amides is 1. The van der Waals surface area contributed by atoms with Gasteiger partial charge in [-0.2, -0.15) is 0 Å². The minimum Gasteiger partial charge on any atom is -0.479 e. The number of hydrogen-bond donors (Lipinski definition) is 2. The molecule has 5 heteroatoms. The predicted molar refractivity (Wildman–Crippen MR) is 82.2 cm³/mol. The number of carbonyl (C=O) groups excluding carboxylic acids is 1. The molecule has 1 rings (SSSR count). The molecule has 1 amide bonds. The first-order chi connectivity index (χ1) is 9.58. The third-order valence-corrected chi connectivity index (χ3v) is 3.23. The minimum atomic E-state index is -0.565. The zero-order valence-electron chi connectivity index (χ0n) is 12.1. The molecular formula is C15H23ClN2O2. The molecule has 0 saturated heterocycles. The van der Waals surface area contributed by atoms with E-state index in [1.165, 1.54) is 0 Å². The second-order valence-electron chi connectivity index (χ2n) is 4.71. The van der Waals surface area contributed by atoms with Crippen LogP contribution in [0.2, 0.25) is 5.02 Å². The van der Waals surface area contributed by atoms with Gasteiger partial charge in [-0.3, -0.25) is 4.79 Å². The fourth-order valence-corrected chi connectivity index (χ4v) is 1.99. The molecule has 1 aromatic carbocycles. The van der Waals surface area contributed by atoms with E-state index in [2.05, 4.69) is 12.2 Å². The maximum Gasteiger partial charge on any atom is 0.260 e. The maximum atomic E-state index is 11.8. The highest BCUT2D eigenvalue weighted by Gasteiger charge is 2.15. The van der Waals surface area contributed by atoms with Gasteiger partial charge in [0.1, 0.15) is 5.75 Å². The molecule has 4 nitrogen and oxygen atoms in total. The van der Waals surface area contributed by atoms with Gasteiger partial charge in [0.25, 0.3) is 5.91 Å². The van der Waals surface area contributed by atoms with E-state index in [1.807, 2.05) is 12.1 Å². The Balaban J connectivity index is 2.56. The van der Waals surface area contributed by atoms with Crippen molar-refractivity contribution in [3.8, 4) is 5.75 Å². The molecule has 1 aromatic rings. The number of nitrogens with two attached hydrogens (primary N) is 1. The van der Waals surface area contributed by atoms with E-state index in [4.69, 9.17) is 22.1 Å². The summed E-state index contributed by atoms with van der Waals surface area (Å²) in [5.41, 5.74) is 6.56. The van der Waals surface area contributed by atoms with Crippen molar-refractivity contribution in [3.05, 3.63) is 28.8 Å². The number of rotatable bonds is 8. The lowest BCUT2D eigenvalue weighted by atomic mass is 10.1. The molecule has 0 radical (unpaired) electrons. The summed E-state index contributed by atoms with van der Waals surface area (Å²) in [6.07, 6.45) is 2.22.